The predicted molar refractivity (Wildman–Crippen MR) is 83.7 cm³/mol. The molecule has 0 spiro atoms. The van der Waals surface area contributed by atoms with Crippen LogP contribution in [0.4, 0.5) is 0 Å². The van der Waals surface area contributed by atoms with E-state index in [-0.39, 0.29) is 9.92 Å². The van der Waals surface area contributed by atoms with Crippen LogP contribution >= 0.6 is 27.5 Å². The van der Waals surface area contributed by atoms with E-state index in [1.165, 1.54) is 6.07 Å². The number of rotatable bonds is 5. The molecule has 0 aromatic heterocycles. The standard InChI is InChI=1S/C12H17BrClN3O2S/c13-10-2-1-3-11(12(10)14)20(18,19)16-6-9-17-7-4-15-5-8-17/h1-3,15-16H,4-9H2. The lowest BCUT2D eigenvalue weighted by atomic mass is 10.3. The summed E-state index contributed by atoms with van der Waals surface area (Å²) in [4.78, 5) is 2.33. The highest BCUT2D eigenvalue weighted by Gasteiger charge is 2.19. The highest BCUT2D eigenvalue weighted by molar-refractivity contribution is 9.10. The van der Waals surface area contributed by atoms with Gasteiger partial charge in [-0.25, -0.2) is 13.1 Å². The lowest BCUT2D eigenvalue weighted by Crippen LogP contribution is -2.46. The molecule has 112 valence electrons. The molecule has 0 amide bonds. The average Bonchev–Trinajstić information content (AvgIpc) is 2.42. The molecule has 0 bridgehead atoms. The number of piperazine rings is 1. The van der Waals surface area contributed by atoms with Crippen molar-refractivity contribution in [3.63, 3.8) is 0 Å². The Balaban J connectivity index is 1.95. The molecule has 1 aliphatic rings. The van der Waals surface area contributed by atoms with Crippen molar-refractivity contribution in [2.45, 2.75) is 4.90 Å². The van der Waals surface area contributed by atoms with Gasteiger partial charge < -0.3 is 5.32 Å². The van der Waals surface area contributed by atoms with Crippen molar-refractivity contribution in [3.05, 3.63) is 27.7 Å². The molecule has 5 nitrogen and oxygen atoms in total. The molecule has 1 aliphatic heterocycles. The Morgan fingerprint density at radius 3 is 2.75 bits per heavy atom. The zero-order valence-corrected chi connectivity index (χ0v) is 14.1. The molecular weight excluding hydrogens is 366 g/mol. The number of sulfonamides is 1. The van der Waals surface area contributed by atoms with E-state index < -0.39 is 10.0 Å². The normalized spacial score (nSPS) is 17.3. The fourth-order valence-corrected chi connectivity index (χ4v) is 4.09. The van der Waals surface area contributed by atoms with Gasteiger partial charge in [0.2, 0.25) is 10.0 Å². The van der Waals surface area contributed by atoms with Gasteiger partial charge in [-0.2, -0.15) is 0 Å². The van der Waals surface area contributed by atoms with Crippen molar-refractivity contribution in [2.75, 3.05) is 39.3 Å². The summed E-state index contributed by atoms with van der Waals surface area (Å²) in [7, 11) is -3.57. The van der Waals surface area contributed by atoms with Crippen LogP contribution in [-0.4, -0.2) is 52.6 Å². The predicted octanol–water partition coefficient (Wildman–Crippen LogP) is 1.29. The molecule has 0 saturated carbocycles. The van der Waals surface area contributed by atoms with Crippen molar-refractivity contribution in [3.8, 4) is 0 Å². The monoisotopic (exact) mass is 381 g/mol. The third kappa shape index (κ3) is 4.16. The molecule has 1 aromatic carbocycles. The Kier molecular flexibility index (Phi) is 5.83. The Labute approximate surface area is 132 Å². The molecular formula is C12H17BrClN3O2S. The smallest absolute Gasteiger partial charge is 0.242 e. The van der Waals surface area contributed by atoms with E-state index >= 15 is 0 Å². The second kappa shape index (κ2) is 7.20. The van der Waals surface area contributed by atoms with Gasteiger partial charge in [0.15, 0.2) is 0 Å². The summed E-state index contributed by atoms with van der Waals surface area (Å²) in [6.07, 6.45) is 0. The van der Waals surface area contributed by atoms with E-state index in [0.29, 0.717) is 17.6 Å². The van der Waals surface area contributed by atoms with Crippen LogP contribution in [0.1, 0.15) is 0 Å². The van der Waals surface area contributed by atoms with Crippen LogP contribution in [0, 0.1) is 0 Å². The fourth-order valence-electron chi connectivity index (χ4n) is 2.04. The van der Waals surface area contributed by atoms with Gasteiger partial charge in [0.1, 0.15) is 4.90 Å². The largest absolute Gasteiger partial charge is 0.314 e. The maximum atomic E-state index is 12.2. The number of benzene rings is 1. The first kappa shape index (κ1) is 16.2. The van der Waals surface area contributed by atoms with Gasteiger partial charge in [-0.3, -0.25) is 4.90 Å². The van der Waals surface area contributed by atoms with Crippen molar-refractivity contribution in [1.82, 2.24) is 14.9 Å². The molecule has 1 fully saturated rings. The summed E-state index contributed by atoms with van der Waals surface area (Å²) in [6.45, 7) is 4.87. The van der Waals surface area contributed by atoms with Gasteiger partial charge in [0.25, 0.3) is 0 Å². The summed E-state index contributed by atoms with van der Waals surface area (Å²) < 4.78 is 27.6. The maximum Gasteiger partial charge on any atom is 0.242 e. The topological polar surface area (TPSA) is 61.4 Å². The van der Waals surface area contributed by atoms with E-state index in [1.54, 1.807) is 12.1 Å². The Morgan fingerprint density at radius 1 is 1.35 bits per heavy atom. The van der Waals surface area contributed by atoms with Gasteiger partial charge in [0, 0.05) is 43.7 Å². The average molecular weight is 383 g/mol. The van der Waals surface area contributed by atoms with E-state index in [0.717, 1.165) is 26.2 Å². The minimum Gasteiger partial charge on any atom is -0.314 e. The number of nitrogens with zero attached hydrogens (tertiary/aromatic N) is 1. The molecule has 0 unspecified atom stereocenters. The van der Waals surface area contributed by atoms with Crippen molar-refractivity contribution in [1.29, 1.82) is 0 Å². The highest BCUT2D eigenvalue weighted by Crippen LogP contribution is 2.28. The number of halogens is 2. The molecule has 20 heavy (non-hydrogen) atoms. The van der Waals surface area contributed by atoms with Gasteiger partial charge in [-0.05, 0) is 28.1 Å². The zero-order chi connectivity index (χ0) is 14.6. The molecule has 1 heterocycles. The van der Waals surface area contributed by atoms with Crippen LogP contribution in [-0.2, 0) is 10.0 Å². The van der Waals surface area contributed by atoms with Crippen molar-refractivity contribution >= 4 is 37.6 Å². The summed E-state index contributed by atoms with van der Waals surface area (Å²) in [5.74, 6) is 0. The summed E-state index contributed by atoms with van der Waals surface area (Å²) >= 11 is 9.25. The van der Waals surface area contributed by atoms with Crippen molar-refractivity contribution < 1.29 is 8.42 Å². The quantitative estimate of drug-likeness (QED) is 0.805. The second-order valence-corrected chi connectivity index (χ2v) is 7.51. The fraction of sp³-hybridized carbons (Fsp3) is 0.500. The Morgan fingerprint density at radius 2 is 2.05 bits per heavy atom. The van der Waals surface area contributed by atoms with Crippen LogP contribution < -0.4 is 10.0 Å². The molecule has 2 N–H and O–H groups in total. The highest BCUT2D eigenvalue weighted by atomic mass is 79.9. The summed E-state index contributed by atoms with van der Waals surface area (Å²) in [6, 6.07) is 4.86. The first-order chi connectivity index (χ1) is 9.50. The van der Waals surface area contributed by atoms with Crippen LogP contribution in [0.3, 0.4) is 0 Å². The first-order valence-corrected chi connectivity index (χ1v) is 9.03. The summed E-state index contributed by atoms with van der Waals surface area (Å²) in [5.41, 5.74) is 0. The molecule has 1 aromatic rings. The molecule has 0 atom stereocenters. The molecule has 2 rings (SSSR count). The van der Waals surface area contributed by atoms with Gasteiger partial charge in [0.05, 0.1) is 5.02 Å². The van der Waals surface area contributed by atoms with Crippen LogP contribution in [0.2, 0.25) is 5.02 Å². The summed E-state index contributed by atoms with van der Waals surface area (Å²) in [5, 5.41) is 3.47. The van der Waals surface area contributed by atoms with E-state index in [9.17, 15) is 8.42 Å². The molecule has 0 aliphatic carbocycles. The molecule has 1 saturated heterocycles. The van der Waals surface area contributed by atoms with Crippen LogP contribution in [0.5, 0.6) is 0 Å². The second-order valence-electron chi connectivity index (χ2n) is 4.54. The Hall–Kier alpha value is -0.180. The minimum atomic E-state index is -3.57. The first-order valence-electron chi connectivity index (χ1n) is 6.37. The van der Waals surface area contributed by atoms with Crippen LogP contribution in [0.25, 0.3) is 0 Å². The molecule has 8 heteroatoms. The lowest BCUT2D eigenvalue weighted by Gasteiger charge is -2.27. The Bertz CT molecular complexity index is 562. The van der Waals surface area contributed by atoms with Crippen molar-refractivity contribution in [2.24, 2.45) is 0 Å². The number of nitrogens with one attached hydrogen (secondary N) is 2. The van der Waals surface area contributed by atoms with E-state index in [4.69, 9.17) is 11.6 Å². The SMILES string of the molecule is O=S(=O)(NCCN1CCNCC1)c1cccc(Br)c1Cl. The minimum absolute atomic E-state index is 0.105. The van der Waals surface area contributed by atoms with Gasteiger partial charge in [-0.15, -0.1) is 0 Å². The number of hydrogen-bond acceptors (Lipinski definition) is 4. The van der Waals surface area contributed by atoms with Crippen LogP contribution in [0.15, 0.2) is 27.6 Å². The number of hydrogen-bond donors (Lipinski definition) is 2. The zero-order valence-electron chi connectivity index (χ0n) is 10.9. The van der Waals surface area contributed by atoms with Gasteiger partial charge >= 0.3 is 0 Å². The van der Waals surface area contributed by atoms with E-state index in [1.807, 2.05) is 0 Å². The third-order valence-corrected chi connectivity index (χ3v) is 6.05. The lowest BCUT2D eigenvalue weighted by molar-refractivity contribution is 0.245. The third-order valence-electron chi connectivity index (χ3n) is 3.14. The molecule has 0 radical (unpaired) electrons. The van der Waals surface area contributed by atoms with Gasteiger partial charge in [-0.1, -0.05) is 17.7 Å². The van der Waals surface area contributed by atoms with E-state index in [2.05, 4.69) is 30.9 Å². The maximum absolute atomic E-state index is 12.2.